The number of carboxylic acids is 1. The van der Waals surface area contributed by atoms with Crippen LogP contribution in [-0.2, 0) is 19.1 Å². The number of aliphatic carboxylic acids is 1. The highest BCUT2D eigenvalue weighted by Gasteiger charge is 2.39. The highest BCUT2D eigenvalue weighted by Crippen LogP contribution is 2.15. The molecule has 0 saturated carbocycles. The first-order valence-electron chi connectivity index (χ1n) is 4.54. The lowest BCUT2D eigenvalue weighted by Crippen LogP contribution is -2.49. The normalized spacial score (nSPS) is 20.5. The Hall–Kier alpha value is -1.43. The van der Waals surface area contributed by atoms with E-state index in [0.29, 0.717) is 0 Å². The van der Waals surface area contributed by atoms with Crippen molar-refractivity contribution in [3.8, 4) is 0 Å². The predicted octanol–water partition coefficient (Wildman–Crippen LogP) is -0.724. The minimum absolute atomic E-state index is 0.135. The number of methoxy groups -OCH3 is 1. The lowest BCUT2D eigenvalue weighted by atomic mass is 10.1. The van der Waals surface area contributed by atoms with Gasteiger partial charge in [0, 0.05) is 7.11 Å². The van der Waals surface area contributed by atoms with Gasteiger partial charge in [-0.15, -0.1) is 0 Å². The molecular weight excluding hydrogens is 202 g/mol. The number of nitrogens with zero attached hydrogens (tertiary/aromatic N) is 1. The molecule has 0 unspecified atom stereocenters. The Bertz CT molecular complexity index is 301. The van der Waals surface area contributed by atoms with Crippen molar-refractivity contribution in [2.45, 2.75) is 25.5 Å². The van der Waals surface area contributed by atoms with Crippen LogP contribution in [0.25, 0.3) is 0 Å². The summed E-state index contributed by atoms with van der Waals surface area (Å²) in [7, 11) is 1.36. The summed E-state index contributed by atoms with van der Waals surface area (Å²) < 4.78 is 4.88. The Labute approximate surface area is 86.8 Å². The van der Waals surface area contributed by atoms with E-state index in [1.54, 1.807) is 6.92 Å². The number of ketones is 1. The number of carboxylic acid groups (broad SMARTS) is 1. The minimum atomic E-state index is -1.16. The average molecular weight is 215 g/mol. The molecule has 1 amide bonds. The molecule has 1 aliphatic heterocycles. The number of carbonyl (C=O) groups is 3. The third-order valence-corrected chi connectivity index (χ3v) is 2.42. The van der Waals surface area contributed by atoms with Gasteiger partial charge >= 0.3 is 5.97 Å². The van der Waals surface area contributed by atoms with Crippen LogP contribution in [0.5, 0.6) is 0 Å². The van der Waals surface area contributed by atoms with Gasteiger partial charge in [-0.3, -0.25) is 9.59 Å². The number of carbonyl (C=O) groups excluding carboxylic acids is 2. The molecule has 1 aliphatic rings. The number of Topliss-reactive ketones (excluding diaryl/α,β-unsaturated/α-hetero) is 1. The van der Waals surface area contributed by atoms with Crippen LogP contribution < -0.4 is 0 Å². The summed E-state index contributed by atoms with van der Waals surface area (Å²) in [4.78, 5) is 34.4. The van der Waals surface area contributed by atoms with Gasteiger partial charge in [0.05, 0.1) is 19.1 Å². The first-order chi connectivity index (χ1) is 6.97. The average Bonchev–Trinajstić information content (AvgIpc) is 2.45. The van der Waals surface area contributed by atoms with E-state index in [1.807, 2.05) is 0 Å². The molecule has 0 bridgehead atoms. The largest absolute Gasteiger partial charge is 0.480 e. The molecule has 0 aromatic rings. The molecule has 6 nitrogen and oxygen atoms in total. The predicted molar refractivity (Wildman–Crippen MR) is 49.2 cm³/mol. The molecule has 0 spiro atoms. The highest BCUT2D eigenvalue weighted by molar-refractivity contribution is 6.06. The van der Waals surface area contributed by atoms with Crippen molar-refractivity contribution in [2.24, 2.45) is 0 Å². The molecule has 1 rings (SSSR count). The van der Waals surface area contributed by atoms with E-state index in [1.165, 1.54) is 7.11 Å². The fourth-order valence-corrected chi connectivity index (χ4v) is 1.57. The maximum absolute atomic E-state index is 11.3. The summed E-state index contributed by atoms with van der Waals surface area (Å²) in [6.45, 7) is 1.42. The van der Waals surface area contributed by atoms with Crippen LogP contribution in [0.1, 0.15) is 13.3 Å². The summed E-state index contributed by atoms with van der Waals surface area (Å²) in [5.74, 6) is -1.86. The molecule has 15 heavy (non-hydrogen) atoms. The highest BCUT2D eigenvalue weighted by atomic mass is 16.5. The maximum atomic E-state index is 11.3. The zero-order valence-electron chi connectivity index (χ0n) is 8.60. The summed E-state index contributed by atoms with van der Waals surface area (Å²) >= 11 is 0. The van der Waals surface area contributed by atoms with Crippen LogP contribution in [0.3, 0.4) is 0 Å². The number of amides is 1. The molecule has 1 fully saturated rings. The Balaban J connectivity index is 2.85. The second kappa shape index (κ2) is 4.39. The number of ether oxygens (including phenoxy) is 1. The van der Waals surface area contributed by atoms with Crippen molar-refractivity contribution in [2.75, 3.05) is 13.7 Å². The van der Waals surface area contributed by atoms with Crippen LogP contribution in [0, 0.1) is 0 Å². The van der Waals surface area contributed by atoms with Crippen LogP contribution in [0.2, 0.25) is 0 Å². The Morgan fingerprint density at radius 1 is 1.53 bits per heavy atom. The second-order valence-electron chi connectivity index (χ2n) is 3.46. The van der Waals surface area contributed by atoms with Crippen molar-refractivity contribution in [3.05, 3.63) is 0 Å². The monoisotopic (exact) mass is 215 g/mol. The van der Waals surface area contributed by atoms with E-state index in [0.717, 1.165) is 4.90 Å². The number of likely N-dealkylation sites (tertiary alicyclic amines) is 1. The van der Waals surface area contributed by atoms with Gasteiger partial charge in [-0.25, -0.2) is 4.79 Å². The van der Waals surface area contributed by atoms with E-state index in [4.69, 9.17) is 9.84 Å². The van der Waals surface area contributed by atoms with Gasteiger partial charge in [0.1, 0.15) is 0 Å². The third kappa shape index (κ3) is 2.33. The van der Waals surface area contributed by atoms with Crippen LogP contribution in [0.15, 0.2) is 0 Å². The zero-order valence-corrected chi connectivity index (χ0v) is 8.60. The smallest absolute Gasteiger partial charge is 0.329 e. The molecule has 0 radical (unpaired) electrons. The first-order valence-corrected chi connectivity index (χ1v) is 4.54. The molecule has 84 valence electrons. The summed E-state index contributed by atoms with van der Waals surface area (Å²) in [5, 5.41) is 8.95. The SMILES string of the molecule is CO[C@H](C)[C@@H](C(=O)O)N1CC(=O)CC1=O. The summed E-state index contributed by atoms with van der Waals surface area (Å²) in [5.41, 5.74) is 0. The van der Waals surface area contributed by atoms with Gasteiger partial charge < -0.3 is 14.7 Å². The van der Waals surface area contributed by atoms with Crippen molar-refractivity contribution in [1.29, 1.82) is 0 Å². The lowest BCUT2D eigenvalue weighted by Gasteiger charge is -2.27. The number of hydrogen-bond acceptors (Lipinski definition) is 4. The van der Waals surface area contributed by atoms with Crippen LogP contribution >= 0.6 is 0 Å². The van der Waals surface area contributed by atoms with E-state index in [9.17, 15) is 14.4 Å². The van der Waals surface area contributed by atoms with Gasteiger partial charge in [0.25, 0.3) is 0 Å². The standard InChI is InChI=1S/C9H13NO5/c1-5(15-2)8(9(13)14)10-4-6(11)3-7(10)12/h5,8H,3-4H2,1-2H3,(H,13,14)/t5-,8+/m1/s1. The van der Waals surface area contributed by atoms with Crippen LogP contribution in [0.4, 0.5) is 0 Å². The van der Waals surface area contributed by atoms with Gasteiger partial charge in [0.2, 0.25) is 5.91 Å². The maximum Gasteiger partial charge on any atom is 0.329 e. The lowest BCUT2D eigenvalue weighted by molar-refractivity contribution is -0.153. The molecule has 1 N–H and O–H groups in total. The molecule has 1 saturated heterocycles. The van der Waals surface area contributed by atoms with Crippen molar-refractivity contribution in [3.63, 3.8) is 0 Å². The van der Waals surface area contributed by atoms with Crippen molar-refractivity contribution < 1.29 is 24.2 Å². The molecule has 2 atom stereocenters. The Morgan fingerprint density at radius 3 is 2.47 bits per heavy atom. The number of hydrogen-bond donors (Lipinski definition) is 1. The molecule has 6 heteroatoms. The van der Waals surface area contributed by atoms with E-state index in [-0.39, 0.29) is 18.7 Å². The quantitative estimate of drug-likeness (QED) is 0.625. The van der Waals surface area contributed by atoms with Gasteiger partial charge in [-0.1, -0.05) is 0 Å². The minimum Gasteiger partial charge on any atom is -0.480 e. The Kier molecular flexibility index (Phi) is 3.41. The van der Waals surface area contributed by atoms with E-state index >= 15 is 0 Å². The molecule has 0 aromatic heterocycles. The second-order valence-corrected chi connectivity index (χ2v) is 3.46. The Morgan fingerprint density at radius 2 is 2.13 bits per heavy atom. The molecule has 0 aliphatic carbocycles. The first kappa shape index (κ1) is 11.6. The topological polar surface area (TPSA) is 83.9 Å². The molecule has 1 heterocycles. The van der Waals surface area contributed by atoms with Crippen molar-refractivity contribution in [1.82, 2.24) is 4.90 Å². The zero-order chi connectivity index (χ0) is 11.6. The van der Waals surface area contributed by atoms with Gasteiger partial charge in [0.15, 0.2) is 11.8 Å². The molecule has 0 aromatic carbocycles. The van der Waals surface area contributed by atoms with Gasteiger partial charge in [-0.2, -0.15) is 0 Å². The molecular formula is C9H13NO5. The van der Waals surface area contributed by atoms with E-state index < -0.39 is 24.0 Å². The fourth-order valence-electron chi connectivity index (χ4n) is 1.57. The number of rotatable bonds is 4. The van der Waals surface area contributed by atoms with Crippen LogP contribution in [-0.4, -0.2) is 53.5 Å². The van der Waals surface area contributed by atoms with Crippen molar-refractivity contribution >= 4 is 17.7 Å². The fraction of sp³-hybridized carbons (Fsp3) is 0.667. The van der Waals surface area contributed by atoms with Gasteiger partial charge in [-0.05, 0) is 6.92 Å². The van der Waals surface area contributed by atoms with E-state index in [2.05, 4.69) is 0 Å². The third-order valence-electron chi connectivity index (χ3n) is 2.42. The summed E-state index contributed by atoms with van der Waals surface area (Å²) in [6, 6.07) is -1.09. The summed E-state index contributed by atoms with van der Waals surface area (Å²) in [6.07, 6.45) is -0.849.